The number of rotatable bonds is 6. The summed E-state index contributed by atoms with van der Waals surface area (Å²) < 4.78 is 0. The summed E-state index contributed by atoms with van der Waals surface area (Å²) in [6.07, 6.45) is 0. The highest BCUT2D eigenvalue weighted by molar-refractivity contribution is 5.89. The normalized spacial score (nSPS) is 11.4. The molecule has 21 heavy (non-hydrogen) atoms. The quantitative estimate of drug-likeness (QED) is 0.874. The average Bonchev–Trinajstić information content (AvgIpc) is 2.51. The molecule has 0 saturated carbocycles. The van der Waals surface area contributed by atoms with Gasteiger partial charge >= 0.3 is 6.03 Å². The highest BCUT2D eigenvalue weighted by Crippen LogP contribution is 2.18. The summed E-state index contributed by atoms with van der Waals surface area (Å²) in [5.41, 5.74) is 1.82. The van der Waals surface area contributed by atoms with E-state index >= 15 is 0 Å². The summed E-state index contributed by atoms with van der Waals surface area (Å²) in [7, 11) is 2.01. The van der Waals surface area contributed by atoms with Crippen LogP contribution in [-0.4, -0.2) is 37.6 Å². The highest BCUT2D eigenvalue weighted by atomic mass is 16.2. The van der Waals surface area contributed by atoms with Crippen molar-refractivity contribution in [3.8, 4) is 6.07 Å². The summed E-state index contributed by atoms with van der Waals surface area (Å²) in [5, 5.41) is 11.8. The molecule has 0 fully saturated rings. The molecule has 5 nitrogen and oxygen atoms in total. The van der Waals surface area contributed by atoms with Crippen LogP contribution in [0.4, 0.5) is 16.2 Å². The second-order valence-electron chi connectivity index (χ2n) is 5.06. The van der Waals surface area contributed by atoms with Crippen molar-refractivity contribution in [1.82, 2.24) is 4.90 Å². The minimum atomic E-state index is -0.173. The summed E-state index contributed by atoms with van der Waals surface area (Å²) in [6, 6.07) is 9.73. The van der Waals surface area contributed by atoms with Crippen LogP contribution in [-0.2, 0) is 0 Å². The lowest BCUT2D eigenvalue weighted by molar-refractivity contribution is 0.210. The van der Waals surface area contributed by atoms with Gasteiger partial charge in [0.05, 0.1) is 12.0 Å². The minimum absolute atomic E-state index is 0.170. The number of nitrogens with zero attached hydrogens (tertiary/aromatic N) is 3. The number of nitrogens with one attached hydrogen (secondary N) is 1. The van der Waals surface area contributed by atoms with Crippen LogP contribution < -0.4 is 10.2 Å². The third kappa shape index (κ3) is 4.99. The van der Waals surface area contributed by atoms with Gasteiger partial charge in [0, 0.05) is 38.1 Å². The maximum absolute atomic E-state index is 12.2. The molecule has 0 unspecified atom stereocenters. The van der Waals surface area contributed by atoms with Crippen LogP contribution in [0.25, 0.3) is 0 Å². The summed E-state index contributed by atoms with van der Waals surface area (Å²) in [4.78, 5) is 16.0. The second kappa shape index (κ2) is 8.15. The number of amides is 2. The molecule has 0 aliphatic rings. The second-order valence-corrected chi connectivity index (χ2v) is 5.06. The highest BCUT2D eigenvalue weighted by Gasteiger charge is 2.15. The van der Waals surface area contributed by atoms with E-state index in [1.54, 1.807) is 4.90 Å². The van der Waals surface area contributed by atoms with Gasteiger partial charge in [0.15, 0.2) is 0 Å². The van der Waals surface area contributed by atoms with Crippen molar-refractivity contribution in [2.75, 3.05) is 36.9 Å². The molecule has 0 aliphatic heterocycles. The van der Waals surface area contributed by atoms with E-state index in [2.05, 4.69) is 23.2 Å². The molecule has 1 aromatic rings. The first-order valence-electron chi connectivity index (χ1n) is 7.28. The van der Waals surface area contributed by atoms with E-state index in [0.29, 0.717) is 13.1 Å². The fourth-order valence-corrected chi connectivity index (χ4v) is 1.93. The van der Waals surface area contributed by atoms with Crippen LogP contribution in [0.15, 0.2) is 24.3 Å². The third-order valence-corrected chi connectivity index (χ3v) is 3.40. The van der Waals surface area contributed by atoms with E-state index in [-0.39, 0.29) is 11.9 Å². The van der Waals surface area contributed by atoms with Crippen LogP contribution >= 0.6 is 0 Å². The maximum Gasteiger partial charge on any atom is 0.321 e. The van der Waals surface area contributed by atoms with Gasteiger partial charge in [0.2, 0.25) is 0 Å². The van der Waals surface area contributed by atoms with Crippen molar-refractivity contribution >= 4 is 17.4 Å². The Labute approximate surface area is 127 Å². The van der Waals surface area contributed by atoms with Gasteiger partial charge in [-0.15, -0.1) is 0 Å². The Bertz CT molecular complexity index is 509. The molecule has 1 aromatic carbocycles. The van der Waals surface area contributed by atoms with Gasteiger partial charge in [-0.2, -0.15) is 5.26 Å². The van der Waals surface area contributed by atoms with Gasteiger partial charge in [-0.1, -0.05) is 6.07 Å². The maximum atomic E-state index is 12.2. The Kier molecular flexibility index (Phi) is 6.54. The lowest BCUT2D eigenvalue weighted by atomic mass is 10.2. The van der Waals surface area contributed by atoms with E-state index < -0.39 is 0 Å². The van der Waals surface area contributed by atoms with Crippen molar-refractivity contribution in [3.05, 3.63) is 24.3 Å². The predicted octanol–water partition coefficient (Wildman–Crippen LogP) is 3.16. The molecule has 0 saturated heterocycles. The zero-order valence-corrected chi connectivity index (χ0v) is 13.3. The van der Waals surface area contributed by atoms with E-state index in [0.717, 1.165) is 17.9 Å². The van der Waals surface area contributed by atoms with Gasteiger partial charge in [0.1, 0.15) is 0 Å². The van der Waals surface area contributed by atoms with Crippen LogP contribution in [0.2, 0.25) is 0 Å². The minimum Gasteiger partial charge on any atom is -0.375 e. The molecular formula is C16H24N4O. The van der Waals surface area contributed by atoms with Crippen LogP contribution in [0.5, 0.6) is 0 Å². The first kappa shape index (κ1) is 16.8. The Morgan fingerprint density at radius 1 is 1.38 bits per heavy atom. The molecule has 5 heteroatoms. The van der Waals surface area contributed by atoms with Gasteiger partial charge in [0.25, 0.3) is 0 Å². The SMILES string of the molecule is CCN(C[C@H](C)C#N)C(=O)Nc1cccc(N(C)CC)c1. The van der Waals surface area contributed by atoms with Crippen molar-refractivity contribution in [1.29, 1.82) is 5.26 Å². The molecule has 1 N–H and O–H groups in total. The van der Waals surface area contributed by atoms with Crippen molar-refractivity contribution in [2.45, 2.75) is 20.8 Å². The van der Waals surface area contributed by atoms with Gasteiger partial charge in [-0.05, 0) is 39.0 Å². The fraction of sp³-hybridized carbons (Fsp3) is 0.500. The fourth-order valence-electron chi connectivity index (χ4n) is 1.93. The van der Waals surface area contributed by atoms with Crippen molar-refractivity contribution < 1.29 is 4.79 Å². The molecule has 2 amide bonds. The van der Waals surface area contributed by atoms with Crippen LogP contribution in [0, 0.1) is 17.2 Å². The van der Waals surface area contributed by atoms with Crippen molar-refractivity contribution in [3.63, 3.8) is 0 Å². The number of benzene rings is 1. The van der Waals surface area contributed by atoms with E-state index in [9.17, 15) is 4.79 Å². The van der Waals surface area contributed by atoms with Gasteiger partial charge in [-0.25, -0.2) is 4.79 Å². The molecule has 1 rings (SSSR count). The van der Waals surface area contributed by atoms with Gasteiger partial charge in [-0.3, -0.25) is 0 Å². The number of hydrogen-bond donors (Lipinski definition) is 1. The van der Waals surface area contributed by atoms with E-state index in [1.165, 1.54) is 0 Å². The number of anilines is 2. The monoisotopic (exact) mass is 288 g/mol. The number of hydrogen-bond acceptors (Lipinski definition) is 3. The first-order valence-corrected chi connectivity index (χ1v) is 7.28. The van der Waals surface area contributed by atoms with Crippen LogP contribution in [0.1, 0.15) is 20.8 Å². The van der Waals surface area contributed by atoms with Crippen molar-refractivity contribution in [2.24, 2.45) is 5.92 Å². The van der Waals surface area contributed by atoms with Crippen LogP contribution in [0.3, 0.4) is 0 Å². The molecule has 114 valence electrons. The molecule has 0 aliphatic carbocycles. The summed E-state index contributed by atoms with van der Waals surface area (Å²) >= 11 is 0. The van der Waals surface area contributed by atoms with Gasteiger partial charge < -0.3 is 15.1 Å². The molecule has 0 aromatic heterocycles. The lowest BCUT2D eigenvalue weighted by Gasteiger charge is -2.23. The Balaban J connectivity index is 2.75. The Hall–Kier alpha value is -2.22. The molecule has 0 spiro atoms. The largest absolute Gasteiger partial charge is 0.375 e. The van der Waals surface area contributed by atoms with E-state index in [1.807, 2.05) is 45.2 Å². The van der Waals surface area contributed by atoms with E-state index in [4.69, 9.17) is 5.26 Å². The molecule has 0 bridgehead atoms. The number of carbonyl (C=O) groups is 1. The molecule has 0 radical (unpaired) electrons. The zero-order chi connectivity index (χ0) is 15.8. The molecule has 0 heterocycles. The zero-order valence-electron chi connectivity index (χ0n) is 13.3. The predicted molar refractivity (Wildman–Crippen MR) is 86.4 cm³/mol. The molecular weight excluding hydrogens is 264 g/mol. The smallest absolute Gasteiger partial charge is 0.321 e. The summed E-state index contributed by atoms with van der Waals surface area (Å²) in [6.45, 7) is 7.71. The number of nitriles is 1. The third-order valence-electron chi connectivity index (χ3n) is 3.40. The first-order chi connectivity index (χ1) is 10.0. The number of carbonyl (C=O) groups excluding carboxylic acids is 1. The Morgan fingerprint density at radius 3 is 2.67 bits per heavy atom. The average molecular weight is 288 g/mol. The Morgan fingerprint density at radius 2 is 2.10 bits per heavy atom. The lowest BCUT2D eigenvalue weighted by Crippen LogP contribution is -2.37. The molecule has 1 atom stereocenters. The number of urea groups is 1. The topological polar surface area (TPSA) is 59.4 Å². The summed E-state index contributed by atoms with van der Waals surface area (Å²) in [5.74, 6) is -0.173. The standard InChI is InChI=1S/C16H24N4O/c1-5-19(4)15-9-7-8-14(10-15)18-16(21)20(6-2)12-13(3)11-17/h7-10,13H,5-6,12H2,1-4H3,(H,18,21)/t13-/m1/s1.